The molecule has 2 aromatic rings. The first kappa shape index (κ1) is 22.9. The standard InChI is InChI=1S/C22H28N2O6S/c1-3-23-22(25)24(16-20-5-4-14-29-20)15-17-6-8-19(9-7-17)30-31(26,27)21-12-10-18(28-2)11-13-21/h6-13,20H,3-5,14-16H2,1-2H3,(H,23,25)/t20-/m0/s1. The summed E-state index contributed by atoms with van der Waals surface area (Å²) in [4.78, 5) is 14.2. The summed E-state index contributed by atoms with van der Waals surface area (Å²) < 4.78 is 40.9. The van der Waals surface area contributed by atoms with Gasteiger partial charge in [-0.1, -0.05) is 12.1 Å². The molecule has 1 aliphatic rings. The van der Waals surface area contributed by atoms with Gasteiger partial charge >= 0.3 is 16.1 Å². The molecular formula is C22H28N2O6S. The van der Waals surface area contributed by atoms with Crippen LogP contribution < -0.4 is 14.2 Å². The molecule has 31 heavy (non-hydrogen) atoms. The fraction of sp³-hybridized carbons (Fsp3) is 0.409. The number of rotatable bonds is 9. The zero-order valence-electron chi connectivity index (χ0n) is 17.7. The van der Waals surface area contributed by atoms with Crippen LogP contribution in [0.3, 0.4) is 0 Å². The van der Waals surface area contributed by atoms with Crippen LogP contribution in [0.5, 0.6) is 11.5 Å². The lowest BCUT2D eigenvalue weighted by atomic mass is 10.2. The molecule has 0 aromatic heterocycles. The van der Waals surface area contributed by atoms with Crippen molar-refractivity contribution in [3.8, 4) is 11.5 Å². The molecule has 2 amide bonds. The molecule has 0 bridgehead atoms. The van der Waals surface area contributed by atoms with Gasteiger partial charge in [0.25, 0.3) is 0 Å². The van der Waals surface area contributed by atoms with Gasteiger partial charge in [0.1, 0.15) is 16.4 Å². The normalized spacial score (nSPS) is 16.0. The molecule has 2 aromatic carbocycles. The maximum atomic E-state index is 12.5. The Kier molecular flexibility index (Phi) is 7.75. The molecule has 1 saturated heterocycles. The number of hydrogen-bond donors (Lipinski definition) is 1. The number of carbonyl (C=O) groups excluding carboxylic acids is 1. The molecule has 0 unspecified atom stereocenters. The minimum atomic E-state index is -3.96. The molecule has 1 heterocycles. The predicted octanol–water partition coefficient (Wildman–Crippen LogP) is 3.17. The van der Waals surface area contributed by atoms with Crippen LogP contribution in [-0.2, 0) is 21.4 Å². The van der Waals surface area contributed by atoms with E-state index in [-0.39, 0.29) is 22.8 Å². The van der Waals surface area contributed by atoms with E-state index < -0.39 is 10.1 Å². The minimum Gasteiger partial charge on any atom is -0.497 e. The second kappa shape index (κ2) is 10.5. The highest BCUT2D eigenvalue weighted by Gasteiger charge is 2.23. The average Bonchev–Trinajstić information content (AvgIpc) is 3.28. The number of urea groups is 1. The third kappa shape index (κ3) is 6.35. The summed E-state index contributed by atoms with van der Waals surface area (Å²) in [5.74, 6) is 0.756. The van der Waals surface area contributed by atoms with Gasteiger partial charge in [-0.3, -0.25) is 0 Å². The smallest absolute Gasteiger partial charge is 0.339 e. The van der Waals surface area contributed by atoms with Crippen molar-refractivity contribution in [3.05, 3.63) is 54.1 Å². The maximum absolute atomic E-state index is 12.5. The highest BCUT2D eigenvalue weighted by molar-refractivity contribution is 7.87. The van der Waals surface area contributed by atoms with Gasteiger partial charge in [0.05, 0.1) is 13.2 Å². The van der Waals surface area contributed by atoms with Gasteiger partial charge in [-0.05, 0) is 61.7 Å². The molecule has 0 spiro atoms. The summed E-state index contributed by atoms with van der Waals surface area (Å²) in [5, 5.41) is 2.83. The van der Waals surface area contributed by atoms with E-state index in [4.69, 9.17) is 13.7 Å². The number of carbonyl (C=O) groups is 1. The topological polar surface area (TPSA) is 94.2 Å². The molecular weight excluding hydrogens is 420 g/mol. The van der Waals surface area contributed by atoms with E-state index in [2.05, 4.69) is 5.32 Å². The summed E-state index contributed by atoms with van der Waals surface area (Å²) in [6.45, 7) is 4.03. The SMILES string of the molecule is CCNC(=O)N(Cc1ccc(OS(=O)(=O)c2ccc(OC)cc2)cc1)C[C@@H]1CCCO1. The summed E-state index contributed by atoms with van der Waals surface area (Å²) in [6, 6.07) is 12.5. The number of benzene rings is 2. The van der Waals surface area contributed by atoms with E-state index in [0.717, 1.165) is 25.0 Å². The van der Waals surface area contributed by atoms with Crippen LogP contribution in [0.4, 0.5) is 4.79 Å². The van der Waals surface area contributed by atoms with Crippen molar-refractivity contribution in [1.82, 2.24) is 10.2 Å². The Bertz CT molecular complexity index is 955. The molecule has 0 aliphatic carbocycles. The molecule has 0 radical (unpaired) electrons. The lowest BCUT2D eigenvalue weighted by Gasteiger charge is -2.25. The van der Waals surface area contributed by atoms with Gasteiger partial charge in [-0.25, -0.2) is 4.79 Å². The Labute approximate surface area is 183 Å². The number of methoxy groups -OCH3 is 1. The maximum Gasteiger partial charge on any atom is 0.339 e. The third-order valence-corrected chi connectivity index (χ3v) is 6.18. The van der Waals surface area contributed by atoms with Gasteiger partial charge in [-0.2, -0.15) is 8.42 Å². The fourth-order valence-electron chi connectivity index (χ4n) is 3.30. The summed E-state index contributed by atoms with van der Waals surface area (Å²) in [6.07, 6.45) is 1.98. The first-order valence-corrected chi connectivity index (χ1v) is 11.6. The van der Waals surface area contributed by atoms with Crippen LogP contribution in [0.1, 0.15) is 25.3 Å². The van der Waals surface area contributed by atoms with E-state index in [9.17, 15) is 13.2 Å². The number of ether oxygens (including phenoxy) is 2. The first-order valence-electron chi connectivity index (χ1n) is 10.2. The summed E-state index contributed by atoms with van der Waals surface area (Å²) in [7, 11) is -2.45. The second-order valence-electron chi connectivity index (χ2n) is 7.21. The third-order valence-electron chi connectivity index (χ3n) is 4.91. The lowest BCUT2D eigenvalue weighted by molar-refractivity contribution is 0.0796. The molecule has 0 saturated carbocycles. The summed E-state index contributed by atoms with van der Waals surface area (Å²) >= 11 is 0. The Balaban J connectivity index is 1.66. The average molecular weight is 449 g/mol. The van der Waals surface area contributed by atoms with Crippen molar-refractivity contribution < 1.29 is 26.9 Å². The van der Waals surface area contributed by atoms with E-state index in [1.54, 1.807) is 41.3 Å². The summed E-state index contributed by atoms with van der Waals surface area (Å²) in [5.41, 5.74) is 0.860. The minimum absolute atomic E-state index is 0.0383. The molecule has 168 valence electrons. The van der Waals surface area contributed by atoms with Crippen molar-refractivity contribution in [1.29, 1.82) is 0 Å². The van der Waals surface area contributed by atoms with Gasteiger partial charge < -0.3 is 23.9 Å². The molecule has 9 heteroatoms. The second-order valence-corrected chi connectivity index (χ2v) is 8.75. The first-order chi connectivity index (χ1) is 14.9. The number of hydrogen-bond acceptors (Lipinski definition) is 6. The van der Waals surface area contributed by atoms with Gasteiger partial charge in [0.2, 0.25) is 0 Å². The monoisotopic (exact) mass is 448 g/mol. The van der Waals surface area contributed by atoms with Crippen molar-refractivity contribution in [2.75, 3.05) is 26.8 Å². The van der Waals surface area contributed by atoms with Crippen LogP contribution >= 0.6 is 0 Å². The van der Waals surface area contributed by atoms with E-state index in [1.165, 1.54) is 19.2 Å². The van der Waals surface area contributed by atoms with Crippen molar-refractivity contribution in [2.24, 2.45) is 0 Å². The van der Waals surface area contributed by atoms with Crippen LogP contribution in [0.2, 0.25) is 0 Å². The number of amides is 2. The van der Waals surface area contributed by atoms with E-state index >= 15 is 0 Å². The fourth-order valence-corrected chi connectivity index (χ4v) is 4.23. The predicted molar refractivity (Wildman–Crippen MR) is 116 cm³/mol. The largest absolute Gasteiger partial charge is 0.497 e. The van der Waals surface area contributed by atoms with Crippen LogP contribution in [-0.4, -0.2) is 52.3 Å². The van der Waals surface area contributed by atoms with Crippen LogP contribution in [0.15, 0.2) is 53.4 Å². The zero-order chi connectivity index (χ0) is 22.3. The van der Waals surface area contributed by atoms with Gasteiger partial charge in [0, 0.05) is 26.2 Å². The quantitative estimate of drug-likeness (QED) is 0.592. The molecule has 1 fully saturated rings. The Hall–Kier alpha value is -2.78. The molecule has 1 N–H and O–H groups in total. The van der Waals surface area contributed by atoms with Crippen molar-refractivity contribution in [2.45, 2.75) is 37.3 Å². The van der Waals surface area contributed by atoms with E-state index in [0.29, 0.717) is 25.4 Å². The van der Waals surface area contributed by atoms with Gasteiger partial charge in [0.15, 0.2) is 0 Å². The zero-order valence-corrected chi connectivity index (χ0v) is 18.6. The Morgan fingerprint density at radius 2 is 1.81 bits per heavy atom. The molecule has 1 atom stereocenters. The van der Waals surface area contributed by atoms with Crippen molar-refractivity contribution in [3.63, 3.8) is 0 Å². The lowest BCUT2D eigenvalue weighted by Crippen LogP contribution is -2.43. The highest BCUT2D eigenvalue weighted by Crippen LogP contribution is 2.22. The Morgan fingerprint density at radius 3 is 2.39 bits per heavy atom. The van der Waals surface area contributed by atoms with Crippen LogP contribution in [0, 0.1) is 0 Å². The molecule has 8 nitrogen and oxygen atoms in total. The highest BCUT2D eigenvalue weighted by atomic mass is 32.2. The van der Waals surface area contributed by atoms with Crippen LogP contribution in [0.25, 0.3) is 0 Å². The number of nitrogens with one attached hydrogen (secondary N) is 1. The van der Waals surface area contributed by atoms with Gasteiger partial charge in [-0.15, -0.1) is 0 Å². The van der Waals surface area contributed by atoms with Crippen molar-refractivity contribution >= 4 is 16.1 Å². The molecule has 3 rings (SSSR count). The van der Waals surface area contributed by atoms with E-state index in [1.807, 2.05) is 6.92 Å². The molecule has 1 aliphatic heterocycles. The Morgan fingerprint density at radius 1 is 1.13 bits per heavy atom. The number of nitrogens with zero attached hydrogens (tertiary/aromatic N) is 1.